The molecular formula is C13H20Br2N2O. The zero-order chi connectivity index (χ0) is 13.0. The van der Waals surface area contributed by atoms with Gasteiger partial charge in [0, 0.05) is 0 Å². The molecule has 18 heavy (non-hydrogen) atoms. The largest absolute Gasteiger partial charge is 0.452 e. The molecule has 0 radical (unpaired) electrons. The smallest absolute Gasteiger partial charge is 0.183 e. The van der Waals surface area contributed by atoms with Crippen LogP contribution >= 0.6 is 31.9 Å². The Kier molecular flexibility index (Phi) is 5.73. The Labute approximate surface area is 126 Å². The van der Waals surface area contributed by atoms with Gasteiger partial charge < -0.3 is 14.6 Å². The standard InChI is InChI=1S/C13H20Br2N2O/c1-17-6-3-10(4-7-17)2-5-16-9-11-8-12(14)13(15)18-11/h8,10,16H,2-7,9H2,1H3. The minimum atomic E-state index is 0.773. The SMILES string of the molecule is CN1CCC(CCNCc2cc(Br)c(Br)o2)CC1. The van der Waals surface area contributed by atoms with Crippen LogP contribution in [0.15, 0.2) is 19.6 Å². The third kappa shape index (κ3) is 4.37. The lowest BCUT2D eigenvalue weighted by Gasteiger charge is -2.28. The van der Waals surface area contributed by atoms with Gasteiger partial charge in [0.25, 0.3) is 0 Å². The van der Waals surface area contributed by atoms with Crippen molar-refractivity contribution in [3.8, 4) is 0 Å². The number of nitrogens with one attached hydrogen (secondary N) is 1. The van der Waals surface area contributed by atoms with Gasteiger partial charge in [0.15, 0.2) is 4.67 Å². The Morgan fingerprint density at radius 3 is 2.72 bits per heavy atom. The second-order valence-corrected chi connectivity index (χ2v) is 6.62. The number of hydrogen-bond acceptors (Lipinski definition) is 3. The van der Waals surface area contributed by atoms with Crippen LogP contribution in [-0.2, 0) is 6.54 Å². The number of likely N-dealkylation sites (tertiary alicyclic amines) is 1. The van der Waals surface area contributed by atoms with Gasteiger partial charge in [0.05, 0.1) is 11.0 Å². The van der Waals surface area contributed by atoms with E-state index >= 15 is 0 Å². The molecule has 1 fully saturated rings. The number of halogens is 2. The molecule has 1 saturated heterocycles. The highest BCUT2D eigenvalue weighted by molar-refractivity contribution is 9.13. The molecule has 1 aromatic heterocycles. The van der Waals surface area contributed by atoms with Gasteiger partial charge in [-0.15, -0.1) is 0 Å². The van der Waals surface area contributed by atoms with E-state index in [-0.39, 0.29) is 0 Å². The molecular weight excluding hydrogens is 360 g/mol. The molecule has 2 rings (SSSR count). The van der Waals surface area contributed by atoms with Crippen molar-refractivity contribution in [3.63, 3.8) is 0 Å². The Morgan fingerprint density at radius 1 is 1.39 bits per heavy atom. The molecule has 0 saturated carbocycles. The molecule has 102 valence electrons. The van der Waals surface area contributed by atoms with Crippen LogP contribution < -0.4 is 5.32 Å². The summed E-state index contributed by atoms with van der Waals surface area (Å²) in [6, 6.07) is 2.01. The first-order valence-electron chi connectivity index (χ1n) is 6.48. The van der Waals surface area contributed by atoms with Crippen molar-refractivity contribution in [2.75, 3.05) is 26.7 Å². The first kappa shape index (κ1) is 14.6. The summed E-state index contributed by atoms with van der Waals surface area (Å²) in [7, 11) is 2.21. The second-order valence-electron chi connectivity index (χ2n) is 5.05. The first-order chi connectivity index (χ1) is 8.65. The molecule has 1 aromatic rings. The summed E-state index contributed by atoms with van der Waals surface area (Å²) in [5, 5.41) is 3.45. The molecule has 0 aliphatic carbocycles. The van der Waals surface area contributed by atoms with Gasteiger partial charge in [-0.25, -0.2) is 0 Å². The highest BCUT2D eigenvalue weighted by Gasteiger charge is 2.15. The molecule has 0 atom stereocenters. The van der Waals surface area contributed by atoms with Crippen molar-refractivity contribution >= 4 is 31.9 Å². The van der Waals surface area contributed by atoms with Gasteiger partial charge in [0.1, 0.15) is 5.76 Å². The normalized spacial score (nSPS) is 18.4. The highest BCUT2D eigenvalue weighted by atomic mass is 79.9. The van der Waals surface area contributed by atoms with Crippen LogP contribution in [-0.4, -0.2) is 31.6 Å². The fourth-order valence-electron chi connectivity index (χ4n) is 2.35. The van der Waals surface area contributed by atoms with Gasteiger partial charge in [-0.1, -0.05) is 0 Å². The summed E-state index contributed by atoms with van der Waals surface area (Å²) in [5.74, 6) is 1.86. The highest BCUT2D eigenvalue weighted by Crippen LogP contribution is 2.26. The van der Waals surface area contributed by atoms with E-state index in [0.29, 0.717) is 0 Å². The third-order valence-corrected chi connectivity index (χ3v) is 5.27. The molecule has 0 aromatic carbocycles. The maximum absolute atomic E-state index is 5.52. The summed E-state index contributed by atoms with van der Waals surface area (Å²) in [6.07, 6.45) is 3.96. The van der Waals surface area contributed by atoms with Crippen molar-refractivity contribution in [1.29, 1.82) is 0 Å². The van der Waals surface area contributed by atoms with Crippen molar-refractivity contribution < 1.29 is 4.42 Å². The molecule has 1 aliphatic rings. The number of hydrogen-bond donors (Lipinski definition) is 1. The minimum Gasteiger partial charge on any atom is -0.452 e. The number of furan rings is 1. The quantitative estimate of drug-likeness (QED) is 0.792. The van der Waals surface area contributed by atoms with Crippen LogP contribution in [0.25, 0.3) is 0 Å². The molecule has 0 unspecified atom stereocenters. The van der Waals surface area contributed by atoms with Gasteiger partial charge in [-0.2, -0.15) is 0 Å². The van der Waals surface area contributed by atoms with E-state index in [4.69, 9.17) is 4.42 Å². The lowest BCUT2D eigenvalue weighted by Crippen LogP contribution is -2.31. The number of nitrogens with zero attached hydrogens (tertiary/aromatic N) is 1. The monoisotopic (exact) mass is 378 g/mol. The summed E-state index contributed by atoms with van der Waals surface area (Å²) in [4.78, 5) is 2.42. The Hall–Kier alpha value is 0.160. The average Bonchev–Trinajstić information content (AvgIpc) is 2.67. The number of rotatable bonds is 5. The van der Waals surface area contributed by atoms with Gasteiger partial charge >= 0.3 is 0 Å². The average molecular weight is 380 g/mol. The zero-order valence-corrected chi connectivity index (χ0v) is 13.9. The maximum Gasteiger partial charge on any atom is 0.183 e. The molecule has 5 heteroatoms. The molecule has 0 amide bonds. The predicted octanol–water partition coefficient (Wildman–Crippen LogP) is 3.63. The Balaban J connectivity index is 1.61. The van der Waals surface area contributed by atoms with Crippen LogP contribution in [0.1, 0.15) is 25.0 Å². The lowest BCUT2D eigenvalue weighted by atomic mass is 9.94. The number of piperidine rings is 1. The fraction of sp³-hybridized carbons (Fsp3) is 0.692. The maximum atomic E-state index is 5.52. The van der Waals surface area contributed by atoms with Gasteiger partial charge in [-0.05, 0) is 89.8 Å². The van der Waals surface area contributed by atoms with Crippen LogP contribution in [0.3, 0.4) is 0 Å². The van der Waals surface area contributed by atoms with Crippen molar-refractivity contribution in [2.24, 2.45) is 5.92 Å². The molecule has 0 spiro atoms. The molecule has 1 aliphatic heterocycles. The predicted molar refractivity (Wildman–Crippen MR) is 80.7 cm³/mol. The van der Waals surface area contributed by atoms with E-state index in [1.165, 1.54) is 32.4 Å². The molecule has 0 bridgehead atoms. The van der Waals surface area contributed by atoms with Gasteiger partial charge in [0.2, 0.25) is 0 Å². The lowest BCUT2D eigenvalue weighted by molar-refractivity contribution is 0.211. The molecule has 3 nitrogen and oxygen atoms in total. The van der Waals surface area contributed by atoms with E-state index in [0.717, 1.165) is 33.9 Å². The van der Waals surface area contributed by atoms with E-state index in [9.17, 15) is 0 Å². The van der Waals surface area contributed by atoms with E-state index in [2.05, 4.69) is 49.1 Å². The van der Waals surface area contributed by atoms with E-state index in [1.807, 2.05) is 6.07 Å². The Bertz CT molecular complexity index is 354. The third-order valence-electron chi connectivity index (χ3n) is 3.56. The van der Waals surface area contributed by atoms with Crippen LogP contribution in [0.2, 0.25) is 0 Å². The topological polar surface area (TPSA) is 28.4 Å². The van der Waals surface area contributed by atoms with Crippen LogP contribution in [0.5, 0.6) is 0 Å². The second kappa shape index (κ2) is 7.08. The van der Waals surface area contributed by atoms with Crippen LogP contribution in [0.4, 0.5) is 0 Å². The first-order valence-corrected chi connectivity index (χ1v) is 8.06. The molecule has 1 N–H and O–H groups in total. The van der Waals surface area contributed by atoms with Crippen molar-refractivity contribution in [2.45, 2.75) is 25.8 Å². The van der Waals surface area contributed by atoms with Crippen molar-refractivity contribution in [1.82, 2.24) is 10.2 Å². The summed E-state index contributed by atoms with van der Waals surface area (Å²) in [6.45, 7) is 4.38. The van der Waals surface area contributed by atoms with Crippen molar-refractivity contribution in [3.05, 3.63) is 21.0 Å². The van der Waals surface area contributed by atoms with E-state index < -0.39 is 0 Å². The molecule has 2 heterocycles. The van der Waals surface area contributed by atoms with E-state index in [1.54, 1.807) is 0 Å². The minimum absolute atomic E-state index is 0.773. The fourth-order valence-corrected chi connectivity index (χ4v) is 3.01. The summed E-state index contributed by atoms with van der Waals surface area (Å²) in [5.41, 5.74) is 0. The Morgan fingerprint density at radius 2 is 2.11 bits per heavy atom. The van der Waals surface area contributed by atoms with Gasteiger partial charge in [-0.3, -0.25) is 0 Å². The zero-order valence-electron chi connectivity index (χ0n) is 10.7. The van der Waals surface area contributed by atoms with Crippen LogP contribution in [0, 0.1) is 5.92 Å². The summed E-state index contributed by atoms with van der Waals surface area (Å²) < 4.78 is 7.27. The summed E-state index contributed by atoms with van der Waals surface area (Å²) >= 11 is 6.77.